The molecule has 0 saturated heterocycles. The van der Waals surface area contributed by atoms with Gasteiger partial charge in [0.1, 0.15) is 0 Å². The summed E-state index contributed by atoms with van der Waals surface area (Å²) in [6, 6.07) is 21.4. The van der Waals surface area contributed by atoms with Crippen LogP contribution in [0.2, 0.25) is 0 Å². The number of halogens is 1. The molecule has 0 aliphatic heterocycles. The van der Waals surface area contributed by atoms with Crippen LogP contribution in [0.25, 0.3) is 0 Å². The Balaban J connectivity index is 0. The molecular weight excluding hydrogens is 408 g/mol. The number of hydrogen-bond donors (Lipinski definition) is 0. The number of hydrogen-bond acceptors (Lipinski definition) is 0. The first-order valence-corrected chi connectivity index (χ1v) is 8.36. The average Bonchev–Trinajstić information content (AvgIpc) is 2.45. The zero-order chi connectivity index (χ0) is 12.9. The van der Waals surface area contributed by atoms with Crippen molar-refractivity contribution in [3.8, 4) is 0 Å². The van der Waals surface area contributed by atoms with E-state index in [1.807, 2.05) is 27.7 Å². The van der Waals surface area contributed by atoms with E-state index in [4.69, 9.17) is 0 Å². The van der Waals surface area contributed by atoms with Crippen LogP contribution in [0.4, 0.5) is 0 Å². The average molecular weight is 430 g/mol. The van der Waals surface area contributed by atoms with E-state index in [1.165, 1.54) is 7.14 Å². The van der Waals surface area contributed by atoms with Crippen LogP contribution >= 0.6 is 0 Å². The van der Waals surface area contributed by atoms with Gasteiger partial charge in [-0.2, -0.15) is 0 Å². The van der Waals surface area contributed by atoms with Crippen molar-refractivity contribution < 1.29 is 53.9 Å². The molecule has 0 heterocycles. The Morgan fingerprint density at radius 3 is 1.11 bits per heavy atom. The van der Waals surface area contributed by atoms with Gasteiger partial charge in [0.15, 0.2) is 0 Å². The first-order chi connectivity index (χ1) is 8.45. The monoisotopic (exact) mass is 430 g/mol. The van der Waals surface area contributed by atoms with Gasteiger partial charge in [0, 0.05) is 32.7 Å². The first-order valence-electron chi connectivity index (χ1n) is 6.20. The second-order valence-corrected chi connectivity index (χ2v) is 5.72. The van der Waals surface area contributed by atoms with Gasteiger partial charge in [0.25, 0.3) is 0 Å². The zero-order valence-corrected chi connectivity index (χ0v) is 16.7. The van der Waals surface area contributed by atoms with Gasteiger partial charge in [-0.3, -0.25) is 0 Å². The Morgan fingerprint density at radius 1 is 0.556 bits per heavy atom. The quantitative estimate of drug-likeness (QED) is 0.639. The summed E-state index contributed by atoms with van der Waals surface area (Å²) in [5.74, 6) is 0. The Labute approximate surface area is 148 Å². The van der Waals surface area contributed by atoms with Gasteiger partial charge in [-0.05, 0) is 0 Å². The second kappa shape index (κ2) is 15.3. The fraction of sp³-hybridized carbons (Fsp3) is 0.250. The summed E-state index contributed by atoms with van der Waals surface area (Å²) in [7, 11) is 0. The van der Waals surface area contributed by atoms with Crippen LogP contribution in [-0.4, -0.2) is 0 Å². The van der Waals surface area contributed by atoms with Crippen molar-refractivity contribution in [2.24, 2.45) is 0 Å². The maximum absolute atomic E-state index is 2.21. The van der Waals surface area contributed by atoms with Crippen LogP contribution in [0.1, 0.15) is 27.7 Å². The second-order valence-electron chi connectivity index (χ2n) is 2.69. The van der Waals surface area contributed by atoms with Crippen molar-refractivity contribution in [3.63, 3.8) is 0 Å². The van der Waals surface area contributed by atoms with Crippen LogP contribution in [0.3, 0.4) is 0 Å². The standard InChI is InChI=1S/C12H10I.2C2H6.Y/c1-3-7-11(8-4-1)13-12-9-5-2-6-10-12;2*1-2;/h1-10H;2*1-2H3;/q-1;;;. The molecule has 0 fully saturated rings. The van der Waals surface area contributed by atoms with E-state index in [-0.39, 0.29) is 53.9 Å². The van der Waals surface area contributed by atoms with Crippen molar-refractivity contribution in [3.05, 3.63) is 67.8 Å². The maximum atomic E-state index is 2.21. The van der Waals surface area contributed by atoms with Crippen molar-refractivity contribution >= 4 is 0 Å². The van der Waals surface area contributed by atoms with Gasteiger partial charge in [-0.1, -0.05) is 27.7 Å². The fourth-order valence-electron chi connectivity index (χ4n) is 1.08. The molecule has 2 aromatic carbocycles. The van der Waals surface area contributed by atoms with Gasteiger partial charge in [0.05, 0.1) is 0 Å². The molecule has 0 aromatic heterocycles. The van der Waals surface area contributed by atoms with Crippen molar-refractivity contribution in [2.75, 3.05) is 0 Å². The predicted octanol–water partition coefficient (Wildman–Crippen LogP) is 1.86. The summed E-state index contributed by atoms with van der Waals surface area (Å²) >= 11 is 0.0287. The van der Waals surface area contributed by atoms with E-state index in [2.05, 4.69) is 60.7 Å². The molecule has 0 atom stereocenters. The number of benzene rings is 2. The van der Waals surface area contributed by atoms with Crippen molar-refractivity contribution in [1.29, 1.82) is 0 Å². The SMILES string of the molecule is CC.CC.[Y].c1ccc([I-]c2ccccc2)cc1. The van der Waals surface area contributed by atoms with Crippen molar-refractivity contribution in [1.82, 2.24) is 0 Å². The summed E-state index contributed by atoms with van der Waals surface area (Å²) in [5, 5.41) is 0. The fourth-order valence-corrected chi connectivity index (χ4v) is 3.35. The third-order valence-corrected chi connectivity index (χ3v) is 4.37. The molecule has 97 valence electrons. The van der Waals surface area contributed by atoms with E-state index >= 15 is 0 Å². The summed E-state index contributed by atoms with van der Waals surface area (Å²) < 4.78 is 2.96. The van der Waals surface area contributed by atoms with Crippen molar-refractivity contribution in [2.45, 2.75) is 27.7 Å². The third kappa shape index (κ3) is 9.24. The van der Waals surface area contributed by atoms with E-state index < -0.39 is 0 Å². The minimum atomic E-state index is 0. The topological polar surface area (TPSA) is 0 Å². The van der Waals surface area contributed by atoms with Crippen LogP contribution in [0.5, 0.6) is 0 Å². The molecule has 0 spiro atoms. The van der Waals surface area contributed by atoms with E-state index in [9.17, 15) is 0 Å². The molecular formula is C16H22IY-. The Hall–Kier alpha value is 0.274. The van der Waals surface area contributed by atoms with Crippen LogP contribution in [0, 0.1) is 7.14 Å². The first kappa shape index (κ1) is 20.6. The molecule has 1 radical (unpaired) electrons. The molecule has 2 aromatic rings. The van der Waals surface area contributed by atoms with Gasteiger partial charge >= 0.3 is 89.0 Å². The third-order valence-electron chi connectivity index (χ3n) is 1.68. The van der Waals surface area contributed by atoms with Gasteiger partial charge in [-0.25, -0.2) is 0 Å². The van der Waals surface area contributed by atoms with Gasteiger partial charge in [0.2, 0.25) is 0 Å². The summed E-state index contributed by atoms with van der Waals surface area (Å²) in [5.41, 5.74) is 0. The van der Waals surface area contributed by atoms with E-state index in [1.54, 1.807) is 0 Å². The van der Waals surface area contributed by atoms with Gasteiger partial charge < -0.3 is 0 Å². The summed E-state index contributed by atoms with van der Waals surface area (Å²) in [6.45, 7) is 8.00. The molecule has 18 heavy (non-hydrogen) atoms. The molecule has 0 saturated carbocycles. The molecule has 0 nitrogen and oxygen atoms in total. The molecule has 0 unspecified atom stereocenters. The predicted molar refractivity (Wildman–Crippen MR) is 73.0 cm³/mol. The van der Waals surface area contributed by atoms with E-state index in [0.29, 0.717) is 0 Å². The van der Waals surface area contributed by atoms with Crippen LogP contribution < -0.4 is 21.2 Å². The molecule has 0 bridgehead atoms. The normalized spacial score (nSPS) is 8.00. The van der Waals surface area contributed by atoms with Crippen LogP contribution in [-0.2, 0) is 32.7 Å². The van der Waals surface area contributed by atoms with Gasteiger partial charge in [-0.15, -0.1) is 0 Å². The van der Waals surface area contributed by atoms with Crippen LogP contribution in [0.15, 0.2) is 60.7 Å². The molecule has 0 N–H and O–H groups in total. The molecule has 0 aliphatic carbocycles. The molecule has 2 rings (SSSR count). The Bertz CT molecular complexity index is 322. The molecule has 0 aliphatic rings. The summed E-state index contributed by atoms with van der Waals surface area (Å²) in [4.78, 5) is 0. The Morgan fingerprint density at radius 2 is 0.833 bits per heavy atom. The number of rotatable bonds is 2. The Kier molecular flexibility index (Phi) is 17.5. The van der Waals surface area contributed by atoms with E-state index in [0.717, 1.165) is 0 Å². The summed E-state index contributed by atoms with van der Waals surface area (Å²) in [6.07, 6.45) is 0. The molecule has 2 heteroatoms. The zero-order valence-electron chi connectivity index (χ0n) is 11.7. The molecule has 0 amide bonds. The minimum absolute atomic E-state index is 0.